The van der Waals surface area contributed by atoms with Crippen LogP contribution in [0.15, 0.2) is 0 Å². The van der Waals surface area contributed by atoms with Crippen molar-refractivity contribution < 1.29 is 53.6 Å². The Bertz CT molecular complexity index is 11.6. The van der Waals surface area contributed by atoms with E-state index in [9.17, 15) is 0 Å². The molecule has 0 aliphatic rings. The van der Waals surface area contributed by atoms with Gasteiger partial charge in [-0.3, -0.25) is 0 Å². The normalized spacial score (nSPS) is 0. The smallest absolute Gasteiger partial charge is 0 e. The monoisotopic (exact) mass is 235 g/mol. The van der Waals surface area contributed by atoms with Crippen LogP contribution in [0.4, 0.5) is 0 Å². The molecule has 0 rings (SSSR count). The average molecular weight is 237 g/mol. The predicted octanol–water partition coefficient (Wildman–Crippen LogP) is -1.30. The molecule has 0 aliphatic heterocycles. The summed E-state index contributed by atoms with van der Waals surface area (Å²) in [6.07, 6.45) is 0. The molecule has 0 heterocycles. The molecule has 0 spiro atoms. The largest absolute Gasteiger partial charge is 0.316 e. The van der Waals surface area contributed by atoms with Crippen LogP contribution in [0.2, 0.25) is 0 Å². The van der Waals surface area contributed by atoms with Gasteiger partial charge in [0.2, 0.25) is 0 Å². The minimum absolute atomic E-state index is 0. The third-order valence-electron chi connectivity index (χ3n) is 0. The van der Waals surface area contributed by atoms with Crippen molar-refractivity contribution in [1.29, 1.82) is 0 Å². The van der Waals surface area contributed by atoms with Gasteiger partial charge in [-0.05, 0) is 0 Å². The number of hydrogen-bond acceptors (Lipinski definition) is 0. The Morgan fingerprint density at radius 1 is 1.00 bits per heavy atom. The van der Waals surface area contributed by atoms with Gasteiger partial charge in [-0.2, -0.15) is 0 Å². The first-order chi connectivity index (χ1) is 0. The molecule has 27 valence electrons. The minimum atomic E-state index is 0. The third kappa shape index (κ3) is 19.5. The quantitative estimate of drug-likeness (QED) is 0.459. The van der Waals surface area contributed by atoms with Crippen molar-refractivity contribution in [2.24, 2.45) is 0 Å². The van der Waals surface area contributed by atoms with Gasteiger partial charge in [0.1, 0.15) is 0 Å². The van der Waals surface area contributed by atoms with Crippen LogP contribution in [0.1, 0.15) is 0 Å². The molecule has 0 atom stereocenters. The summed E-state index contributed by atoms with van der Waals surface area (Å²) in [4.78, 5) is 0. The molecule has 0 amide bonds. The van der Waals surface area contributed by atoms with Crippen LogP contribution < -0.4 is 0 Å². The Morgan fingerprint density at radius 2 is 1.00 bits per heavy atom. The molecule has 0 bridgehead atoms. The van der Waals surface area contributed by atoms with Crippen LogP contribution in [-0.2, 0) is 53.6 Å². The van der Waals surface area contributed by atoms with Gasteiger partial charge in [0.15, 0.2) is 0 Å². The molecule has 0 saturated heterocycles. The Kier molecular flexibility index (Phi) is 248. The van der Waals surface area contributed by atoms with Crippen molar-refractivity contribution in [3.8, 4) is 0 Å². The van der Waals surface area contributed by atoms with Gasteiger partial charge < -0.3 is 0 Å². The second kappa shape index (κ2) is 28.2. The molecule has 0 aliphatic carbocycles. The molecule has 0 aromatic rings. The fourth-order valence-corrected chi connectivity index (χ4v) is 0. The molecule has 5 heteroatoms. The maximum Gasteiger partial charge on any atom is 0.316 e. The summed E-state index contributed by atoms with van der Waals surface area (Å²) >= 11 is 0. The van der Waals surface area contributed by atoms with E-state index in [-0.39, 0.29) is 94.0 Å². The van der Waals surface area contributed by atoms with Gasteiger partial charge in [0.25, 0.3) is 0 Å². The predicted molar refractivity (Wildman–Crippen MR) is 14.3 cm³/mol. The van der Waals surface area contributed by atoms with Crippen molar-refractivity contribution in [2.45, 2.75) is 0 Å². The maximum atomic E-state index is 0. The Morgan fingerprint density at radius 3 is 1.00 bits per heavy atom. The van der Waals surface area contributed by atoms with Crippen molar-refractivity contribution in [2.75, 3.05) is 0 Å². The fraction of sp³-hybridized carbons (Fsp3) is 0. The van der Waals surface area contributed by atoms with E-state index in [2.05, 4.69) is 0 Å². The zero-order valence-corrected chi connectivity index (χ0v) is 8.21. The molecule has 0 nitrogen and oxygen atoms in total. The summed E-state index contributed by atoms with van der Waals surface area (Å²) in [5.41, 5.74) is 0. The van der Waals surface area contributed by atoms with E-state index in [1.54, 1.807) is 0 Å². The van der Waals surface area contributed by atoms with Gasteiger partial charge in [-0.25, -0.2) is 0 Å². The van der Waals surface area contributed by atoms with E-state index in [1.807, 2.05) is 0 Å². The molecule has 0 saturated carbocycles. The van der Waals surface area contributed by atoms with Crippen LogP contribution in [-0.4, -0.2) is 40.4 Å². The van der Waals surface area contributed by atoms with Crippen molar-refractivity contribution >= 4 is 40.4 Å². The van der Waals surface area contributed by atoms with Crippen LogP contribution in [0.3, 0.4) is 0 Å². The van der Waals surface area contributed by atoms with Crippen LogP contribution in [0.5, 0.6) is 0 Å². The van der Waals surface area contributed by atoms with E-state index < -0.39 is 0 Å². The molecule has 0 fully saturated rings. The number of rotatable bonds is 0. The molecule has 5 radical (unpaired) electrons. The van der Waals surface area contributed by atoms with Gasteiger partial charge in [-0.15, -0.1) is 0 Å². The first-order valence-corrected chi connectivity index (χ1v) is 0. The summed E-state index contributed by atoms with van der Waals surface area (Å²) in [5, 5.41) is 0. The fourth-order valence-electron chi connectivity index (χ4n) is 0. The second-order valence-electron chi connectivity index (χ2n) is 0. The molecule has 0 aromatic heterocycles. The van der Waals surface area contributed by atoms with Gasteiger partial charge in [0.05, 0.1) is 0 Å². The number of hydrogen-bond donors (Lipinski definition) is 0. The standard InChI is InChI=1S/Al.Cu.Mg.Mn.Zn.2H. The van der Waals surface area contributed by atoms with Gasteiger partial charge >= 0.3 is 23.1 Å². The molecule has 0 aromatic carbocycles. The summed E-state index contributed by atoms with van der Waals surface area (Å²) in [5.74, 6) is 0. The second-order valence-corrected chi connectivity index (χ2v) is 0. The van der Waals surface area contributed by atoms with E-state index in [0.29, 0.717) is 0 Å². The summed E-state index contributed by atoms with van der Waals surface area (Å²) in [6, 6.07) is 0. The van der Waals surface area contributed by atoms with Crippen LogP contribution in [0, 0.1) is 0 Å². The summed E-state index contributed by atoms with van der Waals surface area (Å²) < 4.78 is 0. The molecular formula is H2AlCuMgMnZn. The molecule has 5 heavy (non-hydrogen) atoms. The maximum absolute atomic E-state index is 0. The van der Waals surface area contributed by atoms with Crippen molar-refractivity contribution in [3.05, 3.63) is 0 Å². The van der Waals surface area contributed by atoms with E-state index in [0.717, 1.165) is 0 Å². The van der Waals surface area contributed by atoms with Gasteiger partial charge in [-0.1, -0.05) is 0 Å². The van der Waals surface area contributed by atoms with E-state index in [1.165, 1.54) is 0 Å². The average Bonchev–Trinajstić information content (AvgIpc) is 0. The van der Waals surface area contributed by atoms with Crippen LogP contribution in [0.25, 0.3) is 0 Å². The van der Waals surface area contributed by atoms with Crippen molar-refractivity contribution in [1.82, 2.24) is 0 Å². The summed E-state index contributed by atoms with van der Waals surface area (Å²) in [7, 11) is 0. The van der Waals surface area contributed by atoms with E-state index >= 15 is 0 Å². The zero-order valence-electron chi connectivity index (χ0n) is 1.96. The Balaban J connectivity index is 0. The first-order valence-electron chi connectivity index (χ1n) is 0. The SMILES string of the molecule is [Al].[Cu].[MgH2].[Mn].[Zn]. The topological polar surface area (TPSA) is 0 Å². The van der Waals surface area contributed by atoms with Gasteiger partial charge in [0, 0.05) is 71.0 Å². The Labute approximate surface area is 92.6 Å². The zero-order chi connectivity index (χ0) is 0. The summed E-state index contributed by atoms with van der Waals surface area (Å²) in [6.45, 7) is 0. The van der Waals surface area contributed by atoms with E-state index in [4.69, 9.17) is 0 Å². The molecule has 0 unspecified atom stereocenters. The van der Waals surface area contributed by atoms with Crippen molar-refractivity contribution in [3.63, 3.8) is 0 Å². The van der Waals surface area contributed by atoms with Crippen LogP contribution >= 0.6 is 0 Å². The first kappa shape index (κ1) is 44.0. The minimum Gasteiger partial charge on any atom is 0 e. The molecular weight excluding hydrogens is 235 g/mol. The third-order valence-corrected chi connectivity index (χ3v) is 0. The molecule has 0 N–H and O–H groups in total. The Hall–Kier alpha value is 2.96.